The summed E-state index contributed by atoms with van der Waals surface area (Å²) in [7, 11) is 0. The molecule has 6 heteroatoms. The molecule has 76 valence electrons. The van der Waals surface area contributed by atoms with E-state index in [-0.39, 0.29) is 25.8 Å². The largest absolute Gasteiger partial charge is 0.411 e. The molecule has 0 heterocycles. The second-order valence-corrected chi connectivity index (χ2v) is 3.17. The van der Waals surface area contributed by atoms with Crippen LogP contribution in [0, 0.1) is 0 Å². The molecule has 0 saturated heterocycles. The molecule has 1 amide bonds. The molecular formula is C7H11F3N2O. The molecule has 0 atom stereocenters. The average molecular weight is 196 g/mol. The van der Waals surface area contributed by atoms with Crippen molar-refractivity contribution in [1.82, 2.24) is 5.32 Å². The van der Waals surface area contributed by atoms with Crippen LogP contribution in [-0.2, 0) is 4.79 Å². The van der Waals surface area contributed by atoms with Crippen LogP contribution in [0.2, 0.25) is 0 Å². The van der Waals surface area contributed by atoms with E-state index < -0.39 is 17.6 Å². The monoisotopic (exact) mass is 196 g/mol. The maximum atomic E-state index is 12.3. The van der Waals surface area contributed by atoms with E-state index in [2.05, 4.69) is 0 Å². The van der Waals surface area contributed by atoms with Gasteiger partial charge in [-0.3, -0.25) is 4.79 Å². The zero-order chi connectivity index (χ0) is 10.1. The standard InChI is InChI=1S/C7H11F3N2O/c8-7(9,10)6(2-3-6)12-5(13)1-4-11/h1-4,11H2,(H,12,13). The summed E-state index contributed by atoms with van der Waals surface area (Å²) in [6.45, 7) is 0.0692. The Morgan fingerprint density at radius 1 is 1.46 bits per heavy atom. The summed E-state index contributed by atoms with van der Waals surface area (Å²) in [5.74, 6) is -0.627. The molecule has 0 aliphatic heterocycles. The summed E-state index contributed by atoms with van der Waals surface area (Å²) < 4.78 is 36.8. The normalized spacial score (nSPS) is 19.7. The number of hydrogen-bond acceptors (Lipinski definition) is 2. The Morgan fingerprint density at radius 2 is 2.00 bits per heavy atom. The fourth-order valence-electron chi connectivity index (χ4n) is 1.06. The van der Waals surface area contributed by atoms with Crippen molar-refractivity contribution in [3.05, 3.63) is 0 Å². The molecule has 3 N–H and O–H groups in total. The summed E-state index contributed by atoms with van der Waals surface area (Å²) in [6.07, 6.45) is -4.44. The van der Waals surface area contributed by atoms with E-state index in [1.165, 1.54) is 0 Å². The number of hydrogen-bond donors (Lipinski definition) is 2. The molecule has 3 nitrogen and oxygen atoms in total. The lowest BCUT2D eigenvalue weighted by Gasteiger charge is -2.20. The SMILES string of the molecule is NCCC(=O)NC1(C(F)(F)F)CC1. The number of rotatable bonds is 3. The highest BCUT2D eigenvalue weighted by molar-refractivity contribution is 5.77. The zero-order valence-corrected chi connectivity index (χ0v) is 6.95. The van der Waals surface area contributed by atoms with Gasteiger partial charge in [-0.2, -0.15) is 13.2 Å². The van der Waals surface area contributed by atoms with Crippen molar-refractivity contribution in [3.63, 3.8) is 0 Å². The number of alkyl halides is 3. The maximum absolute atomic E-state index is 12.3. The van der Waals surface area contributed by atoms with Gasteiger partial charge in [-0.15, -0.1) is 0 Å². The summed E-state index contributed by atoms with van der Waals surface area (Å²) in [6, 6.07) is 0. The summed E-state index contributed by atoms with van der Waals surface area (Å²) in [4.78, 5) is 10.9. The first-order valence-corrected chi connectivity index (χ1v) is 3.99. The van der Waals surface area contributed by atoms with Gasteiger partial charge in [0.15, 0.2) is 0 Å². The van der Waals surface area contributed by atoms with E-state index in [1.54, 1.807) is 0 Å². The van der Waals surface area contributed by atoms with Gasteiger partial charge < -0.3 is 11.1 Å². The molecular weight excluding hydrogens is 185 g/mol. The Labute approximate surface area is 73.5 Å². The molecule has 1 aliphatic rings. The average Bonchev–Trinajstić information content (AvgIpc) is 2.67. The Hall–Kier alpha value is -0.780. The molecule has 1 saturated carbocycles. The van der Waals surface area contributed by atoms with E-state index >= 15 is 0 Å². The number of nitrogens with two attached hydrogens (primary N) is 1. The van der Waals surface area contributed by atoms with Crippen molar-refractivity contribution in [2.24, 2.45) is 5.73 Å². The van der Waals surface area contributed by atoms with Crippen LogP contribution in [0.3, 0.4) is 0 Å². The van der Waals surface area contributed by atoms with Gasteiger partial charge in [0.2, 0.25) is 5.91 Å². The van der Waals surface area contributed by atoms with Crippen LogP contribution in [0.15, 0.2) is 0 Å². The third kappa shape index (κ3) is 2.12. The van der Waals surface area contributed by atoms with Crippen LogP contribution in [0.4, 0.5) is 13.2 Å². The van der Waals surface area contributed by atoms with Crippen molar-refractivity contribution in [3.8, 4) is 0 Å². The molecule has 0 aromatic rings. The predicted octanol–water partition coefficient (Wildman–Crippen LogP) is 0.546. The fraction of sp³-hybridized carbons (Fsp3) is 0.857. The first-order valence-electron chi connectivity index (χ1n) is 3.99. The van der Waals surface area contributed by atoms with E-state index in [4.69, 9.17) is 5.73 Å². The minimum absolute atomic E-state index is 0.0210. The van der Waals surface area contributed by atoms with Crippen LogP contribution < -0.4 is 11.1 Å². The topological polar surface area (TPSA) is 55.1 Å². The van der Waals surface area contributed by atoms with Gasteiger partial charge in [-0.25, -0.2) is 0 Å². The van der Waals surface area contributed by atoms with Crippen molar-refractivity contribution >= 4 is 5.91 Å². The molecule has 0 aromatic carbocycles. The lowest BCUT2D eigenvalue weighted by molar-refractivity contribution is -0.170. The Balaban J connectivity index is 2.49. The highest BCUT2D eigenvalue weighted by Gasteiger charge is 2.64. The van der Waals surface area contributed by atoms with Crippen LogP contribution in [0.25, 0.3) is 0 Å². The third-order valence-electron chi connectivity index (χ3n) is 2.04. The second-order valence-electron chi connectivity index (χ2n) is 3.17. The van der Waals surface area contributed by atoms with Crippen molar-refractivity contribution < 1.29 is 18.0 Å². The smallest absolute Gasteiger partial charge is 0.342 e. The molecule has 0 radical (unpaired) electrons. The van der Waals surface area contributed by atoms with Gasteiger partial charge >= 0.3 is 6.18 Å². The fourth-order valence-corrected chi connectivity index (χ4v) is 1.06. The minimum atomic E-state index is -4.34. The van der Waals surface area contributed by atoms with Gasteiger partial charge in [-0.05, 0) is 12.8 Å². The van der Waals surface area contributed by atoms with Gasteiger partial charge in [0.1, 0.15) is 5.54 Å². The number of carbonyl (C=O) groups excluding carboxylic acids is 1. The highest BCUT2D eigenvalue weighted by Crippen LogP contribution is 2.48. The van der Waals surface area contributed by atoms with E-state index in [0.29, 0.717) is 0 Å². The number of nitrogens with one attached hydrogen (secondary N) is 1. The third-order valence-corrected chi connectivity index (χ3v) is 2.04. The van der Waals surface area contributed by atoms with Crippen LogP contribution in [0.5, 0.6) is 0 Å². The van der Waals surface area contributed by atoms with Crippen LogP contribution in [0.1, 0.15) is 19.3 Å². The van der Waals surface area contributed by atoms with E-state index in [0.717, 1.165) is 0 Å². The van der Waals surface area contributed by atoms with E-state index in [1.807, 2.05) is 5.32 Å². The van der Waals surface area contributed by atoms with Crippen LogP contribution >= 0.6 is 0 Å². The van der Waals surface area contributed by atoms with Crippen LogP contribution in [-0.4, -0.2) is 24.2 Å². The van der Waals surface area contributed by atoms with Crippen molar-refractivity contribution in [2.45, 2.75) is 31.0 Å². The Kier molecular flexibility index (Phi) is 2.51. The van der Waals surface area contributed by atoms with Crippen molar-refractivity contribution in [2.75, 3.05) is 6.54 Å². The molecule has 1 fully saturated rings. The summed E-state index contributed by atoms with van der Waals surface area (Å²) >= 11 is 0. The quantitative estimate of drug-likeness (QED) is 0.692. The molecule has 0 aromatic heterocycles. The lowest BCUT2D eigenvalue weighted by atomic mass is 10.2. The number of amides is 1. The minimum Gasteiger partial charge on any atom is -0.342 e. The van der Waals surface area contributed by atoms with Gasteiger partial charge in [0.25, 0.3) is 0 Å². The highest BCUT2D eigenvalue weighted by atomic mass is 19.4. The van der Waals surface area contributed by atoms with E-state index in [9.17, 15) is 18.0 Å². The molecule has 13 heavy (non-hydrogen) atoms. The molecule has 0 bridgehead atoms. The predicted molar refractivity (Wildman–Crippen MR) is 39.8 cm³/mol. The summed E-state index contributed by atoms with van der Waals surface area (Å²) in [5, 5.41) is 1.96. The molecule has 0 unspecified atom stereocenters. The molecule has 1 rings (SSSR count). The van der Waals surface area contributed by atoms with Gasteiger partial charge in [0, 0.05) is 13.0 Å². The molecule has 1 aliphatic carbocycles. The Morgan fingerprint density at radius 3 is 2.31 bits per heavy atom. The molecule has 0 spiro atoms. The van der Waals surface area contributed by atoms with Crippen molar-refractivity contribution in [1.29, 1.82) is 0 Å². The first kappa shape index (κ1) is 10.3. The number of carbonyl (C=O) groups is 1. The van der Waals surface area contributed by atoms with Gasteiger partial charge in [-0.1, -0.05) is 0 Å². The zero-order valence-electron chi connectivity index (χ0n) is 6.95. The maximum Gasteiger partial charge on any atom is 0.411 e. The lowest BCUT2D eigenvalue weighted by Crippen LogP contribution is -2.48. The first-order chi connectivity index (χ1) is 5.91. The second kappa shape index (κ2) is 3.17. The summed E-state index contributed by atoms with van der Waals surface area (Å²) in [5.41, 5.74) is 3.09. The van der Waals surface area contributed by atoms with Gasteiger partial charge in [0.05, 0.1) is 0 Å². The Bertz CT molecular complexity index is 210. The number of halogens is 3.